The van der Waals surface area contributed by atoms with Crippen molar-refractivity contribution in [2.24, 2.45) is 7.05 Å². The van der Waals surface area contributed by atoms with Crippen molar-refractivity contribution in [2.45, 2.75) is 6.54 Å². The van der Waals surface area contributed by atoms with Gasteiger partial charge in [-0.05, 0) is 6.07 Å². The standard InChI is InChI=1S/C15H16N4O2/c1-18-6-5-17-14(18)11-19(2)15(21)13-8-12(4-3-7-20)9-16-10-13/h5-6,8-10,20H,7,11H2,1-2H3. The maximum atomic E-state index is 12.4. The summed E-state index contributed by atoms with van der Waals surface area (Å²) in [5, 5.41) is 8.69. The van der Waals surface area contributed by atoms with Gasteiger partial charge in [0.15, 0.2) is 0 Å². The smallest absolute Gasteiger partial charge is 0.255 e. The fraction of sp³-hybridized carbons (Fsp3) is 0.267. The zero-order valence-electron chi connectivity index (χ0n) is 11.9. The Hall–Kier alpha value is -2.65. The van der Waals surface area contributed by atoms with E-state index in [1.54, 1.807) is 30.4 Å². The summed E-state index contributed by atoms with van der Waals surface area (Å²) in [4.78, 5) is 22.1. The first kappa shape index (κ1) is 14.8. The molecule has 2 rings (SSSR count). The molecule has 0 atom stereocenters. The predicted octanol–water partition coefficient (Wildman–Crippen LogP) is 0.431. The molecule has 0 saturated carbocycles. The van der Waals surface area contributed by atoms with E-state index in [4.69, 9.17) is 5.11 Å². The van der Waals surface area contributed by atoms with Crippen LogP contribution in [0.4, 0.5) is 0 Å². The van der Waals surface area contributed by atoms with Crippen molar-refractivity contribution in [3.05, 3.63) is 47.8 Å². The molecule has 0 radical (unpaired) electrons. The molecule has 1 N–H and O–H groups in total. The summed E-state index contributed by atoms with van der Waals surface area (Å²) in [7, 11) is 3.59. The van der Waals surface area contributed by atoms with E-state index in [1.165, 1.54) is 6.20 Å². The highest BCUT2D eigenvalue weighted by Crippen LogP contribution is 2.08. The second-order valence-electron chi connectivity index (χ2n) is 4.54. The number of aliphatic hydroxyl groups is 1. The molecular weight excluding hydrogens is 268 g/mol. The Morgan fingerprint density at radius 3 is 2.95 bits per heavy atom. The summed E-state index contributed by atoms with van der Waals surface area (Å²) in [5.41, 5.74) is 1.05. The molecule has 1 amide bonds. The van der Waals surface area contributed by atoms with Crippen molar-refractivity contribution in [3.63, 3.8) is 0 Å². The minimum absolute atomic E-state index is 0.154. The first-order chi connectivity index (χ1) is 10.1. The molecule has 0 aromatic carbocycles. The number of amides is 1. The molecule has 0 saturated heterocycles. The number of pyridine rings is 1. The van der Waals surface area contributed by atoms with Crippen LogP contribution >= 0.6 is 0 Å². The summed E-state index contributed by atoms with van der Waals surface area (Å²) >= 11 is 0. The highest BCUT2D eigenvalue weighted by atomic mass is 16.2. The molecule has 0 aliphatic heterocycles. The van der Waals surface area contributed by atoms with Crippen LogP contribution in [0.2, 0.25) is 0 Å². The molecule has 2 aromatic heterocycles. The normalized spacial score (nSPS) is 9.86. The van der Waals surface area contributed by atoms with E-state index in [0.29, 0.717) is 17.7 Å². The third-order valence-corrected chi connectivity index (χ3v) is 2.94. The molecule has 6 nitrogen and oxygen atoms in total. The number of hydrogen-bond donors (Lipinski definition) is 1. The van der Waals surface area contributed by atoms with Crippen molar-refractivity contribution < 1.29 is 9.90 Å². The van der Waals surface area contributed by atoms with Crippen LogP contribution in [-0.4, -0.2) is 44.1 Å². The summed E-state index contributed by atoms with van der Waals surface area (Å²) in [6, 6.07) is 1.66. The van der Waals surface area contributed by atoms with Crippen LogP contribution in [-0.2, 0) is 13.6 Å². The average molecular weight is 284 g/mol. The molecule has 108 valence electrons. The van der Waals surface area contributed by atoms with Crippen molar-refractivity contribution in [1.82, 2.24) is 19.4 Å². The van der Waals surface area contributed by atoms with E-state index in [1.807, 2.05) is 17.8 Å². The van der Waals surface area contributed by atoms with Gasteiger partial charge in [0, 0.05) is 44.4 Å². The molecule has 21 heavy (non-hydrogen) atoms. The van der Waals surface area contributed by atoms with Crippen molar-refractivity contribution >= 4 is 5.91 Å². The first-order valence-corrected chi connectivity index (χ1v) is 6.38. The number of aromatic nitrogens is 3. The second-order valence-corrected chi connectivity index (χ2v) is 4.54. The molecule has 2 aromatic rings. The van der Waals surface area contributed by atoms with Crippen LogP contribution in [0.25, 0.3) is 0 Å². The van der Waals surface area contributed by atoms with Crippen molar-refractivity contribution in [3.8, 4) is 11.8 Å². The molecule has 0 unspecified atom stereocenters. The Balaban J connectivity index is 2.14. The molecular formula is C15H16N4O2. The number of nitrogens with zero attached hydrogens (tertiary/aromatic N) is 4. The molecule has 2 heterocycles. The maximum Gasteiger partial charge on any atom is 0.255 e. The Morgan fingerprint density at radius 2 is 2.29 bits per heavy atom. The number of hydrogen-bond acceptors (Lipinski definition) is 4. The van der Waals surface area contributed by atoms with Gasteiger partial charge >= 0.3 is 0 Å². The van der Waals surface area contributed by atoms with Crippen LogP contribution in [0.15, 0.2) is 30.9 Å². The van der Waals surface area contributed by atoms with Gasteiger partial charge in [0.25, 0.3) is 5.91 Å². The summed E-state index contributed by atoms with van der Waals surface area (Å²) in [6.07, 6.45) is 6.58. The third kappa shape index (κ3) is 3.68. The number of carbonyl (C=O) groups excluding carboxylic acids is 1. The quantitative estimate of drug-likeness (QED) is 0.830. The fourth-order valence-corrected chi connectivity index (χ4v) is 1.82. The van der Waals surface area contributed by atoms with Crippen LogP contribution < -0.4 is 0 Å². The molecule has 0 fully saturated rings. The highest BCUT2D eigenvalue weighted by Gasteiger charge is 2.14. The maximum absolute atomic E-state index is 12.4. The van der Waals surface area contributed by atoms with Crippen molar-refractivity contribution in [2.75, 3.05) is 13.7 Å². The Kier molecular flexibility index (Phi) is 4.69. The summed E-state index contributed by atoms with van der Waals surface area (Å²) in [5.74, 6) is 5.91. The van der Waals surface area contributed by atoms with Gasteiger partial charge in [0.2, 0.25) is 0 Å². The van der Waals surface area contributed by atoms with Gasteiger partial charge in [-0.1, -0.05) is 11.8 Å². The zero-order valence-corrected chi connectivity index (χ0v) is 11.9. The lowest BCUT2D eigenvalue weighted by atomic mass is 10.2. The summed E-state index contributed by atoms with van der Waals surface area (Å²) < 4.78 is 1.87. The number of imidazole rings is 1. The molecule has 0 aliphatic rings. The van der Waals surface area contributed by atoms with Gasteiger partial charge in [-0.3, -0.25) is 9.78 Å². The monoisotopic (exact) mass is 284 g/mol. The topological polar surface area (TPSA) is 71.2 Å². The minimum atomic E-state index is -0.225. The lowest BCUT2D eigenvalue weighted by molar-refractivity contribution is 0.0780. The number of aliphatic hydroxyl groups excluding tert-OH is 1. The molecule has 0 bridgehead atoms. The van der Waals surface area contributed by atoms with E-state index in [2.05, 4.69) is 21.8 Å². The second kappa shape index (κ2) is 6.68. The van der Waals surface area contributed by atoms with Gasteiger partial charge in [-0.25, -0.2) is 4.98 Å². The van der Waals surface area contributed by atoms with Crippen LogP contribution in [0.1, 0.15) is 21.7 Å². The van der Waals surface area contributed by atoms with E-state index >= 15 is 0 Å². The van der Waals surface area contributed by atoms with Gasteiger partial charge < -0.3 is 14.6 Å². The lowest BCUT2D eigenvalue weighted by Crippen LogP contribution is -2.27. The van der Waals surface area contributed by atoms with Crippen LogP contribution in [0.3, 0.4) is 0 Å². The first-order valence-electron chi connectivity index (χ1n) is 6.38. The minimum Gasteiger partial charge on any atom is -0.384 e. The SMILES string of the molecule is CN(Cc1nccn1C)C(=O)c1cncc(C#CCO)c1. The van der Waals surface area contributed by atoms with E-state index in [0.717, 1.165) is 5.82 Å². The molecule has 0 aliphatic carbocycles. The van der Waals surface area contributed by atoms with Gasteiger partial charge in [-0.2, -0.15) is 0 Å². The Bertz CT molecular complexity index is 697. The lowest BCUT2D eigenvalue weighted by Gasteiger charge is -2.16. The Labute approximate surface area is 123 Å². The largest absolute Gasteiger partial charge is 0.384 e. The average Bonchev–Trinajstić information content (AvgIpc) is 2.90. The van der Waals surface area contributed by atoms with Crippen LogP contribution in [0, 0.1) is 11.8 Å². The Morgan fingerprint density at radius 1 is 1.48 bits per heavy atom. The summed E-state index contributed by atoms with van der Waals surface area (Å²) in [6.45, 7) is 0.187. The molecule has 0 spiro atoms. The molecule has 6 heteroatoms. The van der Waals surface area contributed by atoms with Gasteiger partial charge in [0.1, 0.15) is 12.4 Å². The van der Waals surface area contributed by atoms with E-state index < -0.39 is 0 Å². The predicted molar refractivity (Wildman–Crippen MR) is 77.2 cm³/mol. The van der Waals surface area contributed by atoms with Crippen molar-refractivity contribution in [1.29, 1.82) is 0 Å². The van der Waals surface area contributed by atoms with Gasteiger partial charge in [0.05, 0.1) is 12.1 Å². The number of carbonyl (C=O) groups is 1. The fourth-order valence-electron chi connectivity index (χ4n) is 1.82. The van der Waals surface area contributed by atoms with Crippen LogP contribution in [0.5, 0.6) is 0 Å². The number of aryl methyl sites for hydroxylation is 1. The third-order valence-electron chi connectivity index (χ3n) is 2.94. The van der Waals surface area contributed by atoms with Gasteiger partial charge in [-0.15, -0.1) is 0 Å². The van der Waals surface area contributed by atoms with E-state index in [-0.39, 0.29) is 12.5 Å². The van der Waals surface area contributed by atoms with E-state index in [9.17, 15) is 4.79 Å². The number of rotatable bonds is 3. The zero-order chi connectivity index (χ0) is 15.2. The highest BCUT2D eigenvalue weighted by molar-refractivity contribution is 5.94.